The zero-order valence-electron chi connectivity index (χ0n) is 11.2. The van der Waals surface area contributed by atoms with Crippen LogP contribution in [0.3, 0.4) is 0 Å². The monoisotopic (exact) mass is 326 g/mol. The molecule has 0 fully saturated rings. The molecule has 0 aromatic carbocycles. The Morgan fingerprint density at radius 3 is 3.05 bits per heavy atom. The maximum atomic E-state index is 12.6. The van der Waals surface area contributed by atoms with Gasteiger partial charge in [-0.25, -0.2) is 9.50 Å². The van der Waals surface area contributed by atoms with Gasteiger partial charge in [0.2, 0.25) is 10.5 Å². The Morgan fingerprint density at radius 1 is 1.55 bits per heavy atom. The number of thioether (sulfide) groups is 1. The second-order valence-corrected chi connectivity index (χ2v) is 6.85. The zero-order valence-corrected chi connectivity index (χ0v) is 13.6. The van der Waals surface area contributed by atoms with Gasteiger partial charge in [-0.2, -0.15) is 11.8 Å². The van der Waals surface area contributed by atoms with E-state index in [1.165, 1.54) is 4.88 Å². The highest BCUT2D eigenvalue weighted by Crippen LogP contribution is 2.26. The number of hydrogen-bond donors (Lipinski definition) is 1. The molecule has 0 aliphatic carbocycles. The van der Waals surface area contributed by atoms with Crippen molar-refractivity contribution >= 4 is 51.3 Å². The number of H-pyrrole nitrogens is 1. The van der Waals surface area contributed by atoms with Crippen molar-refractivity contribution in [2.24, 2.45) is 0 Å². The smallest absolute Gasteiger partial charge is 0.263 e. The van der Waals surface area contributed by atoms with Gasteiger partial charge in [-0.15, -0.1) is 16.4 Å². The number of aromatic amines is 1. The van der Waals surface area contributed by atoms with Crippen LogP contribution in [0.25, 0.3) is 16.0 Å². The zero-order chi connectivity index (χ0) is 14.3. The summed E-state index contributed by atoms with van der Waals surface area (Å²) in [6.45, 7) is 2.69. The summed E-state index contributed by atoms with van der Waals surface area (Å²) in [5.41, 5.74) is 0.0203. The number of rotatable bonds is 4. The lowest BCUT2D eigenvalue weighted by molar-refractivity contribution is 0.663. The van der Waals surface area contributed by atoms with Gasteiger partial charge in [0, 0.05) is 17.2 Å². The molecule has 0 saturated heterocycles. The fraction of sp³-hybridized carbons (Fsp3) is 0.417. The molecule has 1 N–H and O–H groups in total. The second kappa shape index (κ2) is 5.34. The minimum Gasteiger partial charge on any atom is -0.276 e. The van der Waals surface area contributed by atoms with Gasteiger partial charge in [0.15, 0.2) is 0 Å². The van der Waals surface area contributed by atoms with Crippen LogP contribution in [0, 0.1) is 4.77 Å². The molecule has 0 atom stereocenters. The lowest BCUT2D eigenvalue weighted by Crippen LogP contribution is -2.22. The first-order valence-electron chi connectivity index (χ1n) is 6.28. The second-order valence-electron chi connectivity index (χ2n) is 4.49. The largest absolute Gasteiger partial charge is 0.276 e. The molecule has 0 unspecified atom stereocenters. The van der Waals surface area contributed by atoms with E-state index in [0.717, 1.165) is 22.4 Å². The molecule has 3 aromatic heterocycles. The molecule has 0 saturated carbocycles. The van der Waals surface area contributed by atoms with E-state index in [-0.39, 0.29) is 5.56 Å². The van der Waals surface area contributed by atoms with Gasteiger partial charge in [0.05, 0.1) is 5.39 Å². The number of thiophene rings is 1. The van der Waals surface area contributed by atoms with Crippen molar-refractivity contribution in [3.05, 3.63) is 26.1 Å². The lowest BCUT2D eigenvalue weighted by atomic mass is 10.3. The first-order valence-corrected chi connectivity index (χ1v) is 8.90. The summed E-state index contributed by atoms with van der Waals surface area (Å²) in [5, 5.41) is 7.74. The first kappa shape index (κ1) is 13.8. The minimum atomic E-state index is 0.0203. The fourth-order valence-electron chi connectivity index (χ4n) is 2.28. The molecule has 5 nitrogen and oxygen atoms in total. The summed E-state index contributed by atoms with van der Waals surface area (Å²) in [7, 11) is 0. The maximum Gasteiger partial charge on any atom is 0.263 e. The van der Waals surface area contributed by atoms with E-state index >= 15 is 0 Å². The highest BCUT2D eigenvalue weighted by atomic mass is 32.2. The maximum absolute atomic E-state index is 12.6. The van der Waals surface area contributed by atoms with Gasteiger partial charge in [0.1, 0.15) is 4.83 Å². The standard InChI is InChI=1S/C12H14N4OS3/c1-3-4-15-9(17)8-5-7(6-19-2)20-10(8)16-11(15)13-14-12(16)18/h5H,3-4,6H2,1-2H3,(H,14,18). The molecule has 0 amide bonds. The Morgan fingerprint density at radius 2 is 2.35 bits per heavy atom. The van der Waals surface area contributed by atoms with Crippen molar-refractivity contribution in [2.75, 3.05) is 6.26 Å². The van der Waals surface area contributed by atoms with Crippen molar-refractivity contribution in [1.29, 1.82) is 0 Å². The molecular weight excluding hydrogens is 312 g/mol. The van der Waals surface area contributed by atoms with Crippen LogP contribution in [0.1, 0.15) is 18.2 Å². The SMILES string of the molecule is CCCn1c(=O)c2cc(CSC)sc2n2c(=S)[nH]nc12. The van der Waals surface area contributed by atoms with Crippen LogP contribution < -0.4 is 5.56 Å². The highest BCUT2D eigenvalue weighted by Gasteiger charge is 2.15. The van der Waals surface area contributed by atoms with Crippen molar-refractivity contribution in [3.8, 4) is 0 Å². The average Bonchev–Trinajstić information content (AvgIpc) is 2.99. The number of aryl methyl sites for hydroxylation is 1. The van der Waals surface area contributed by atoms with Crippen molar-refractivity contribution < 1.29 is 0 Å². The summed E-state index contributed by atoms with van der Waals surface area (Å²) in [5.74, 6) is 1.51. The van der Waals surface area contributed by atoms with Crippen LogP contribution in [-0.2, 0) is 12.3 Å². The van der Waals surface area contributed by atoms with Crippen LogP contribution in [0.4, 0.5) is 0 Å². The van der Waals surface area contributed by atoms with E-state index in [1.807, 2.05) is 17.4 Å². The summed E-state index contributed by atoms with van der Waals surface area (Å²) in [6, 6.07) is 1.99. The number of aromatic nitrogens is 4. The quantitative estimate of drug-likeness (QED) is 0.749. The summed E-state index contributed by atoms with van der Waals surface area (Å²) >= 11 is 8.66. The van der Waals surface area contributed by atoms with Crippen LogP contribution in [0.2, 0.25) is 0 Å². The van der Waals surface area contributed by atoms with E-state index in [4.69, 9.17) is 12.2 Å². The van der Waals surface area contributed by atoms with E-state index in [2.05, 4.69) is 16.5 Å². The Bertz CT molecular complexity index is 886. The third kappa shape index (κ3) is 2.02. The Kier molecular flexibility index (Phi) is 3.70. The molecule has 0 radical (unpaired) electrons. The van der Waals surface area contributed by atoms with Crippen LogP contribution in [0.15, 0.2) is 10.9 Å². The molecule has 8 heteroatoms. The van der Waals surface area contributed by atoms with Gasteiger partial charge < -0.3 is 0 Å². The molecule has 20 heavy (non-hydrogen) atoms. The average molecular weight is 326 g/mol. The fourth-order valence-corrected chi connectivity index (χ4v) is 4.46. The molecule has 0 aliphatic heterocycles. The van der Waals surface area contributed by atoms with Crippen molar-refractivity contribution in [1.82, 2.24) is 19.2 Å². The van der Waals surface area contributed by atoms with E-state index in [0.29, 0.717) is 17.1 Å². The molecule has 3 heterocycles. The normalized spacial score (nSPS) is 11.7. The minimum absolute atomic E-state index is 0.0203. The molecular formula is C12H14N4OS3. The predicted molar refractivity (Wildman–Crippen MR) is 87.5 cm³/mol. The van der Waals surface area contributed by atoms with E-state index in [9.17, 15) is 4.79 Å². The number of hydrogen-bond acceptors (Lipinski definition) is 5. The number of nitrogens with one attached hydrogen (secondary N) is 1. The van der Waals surface area contributed by atoms with Crippen LogP contribution in [0.5, 0.6) is 0 Å². The third-order valence-electron chi connectivity index (χ3n) is 3.07. The number of fused-ring (bicyclic) bond motifs is 3. The Hall–Kier alpha value is -1.12. The molecule has 0 bridgehead atoms. The van der Waals surface area contributed by atoms with Crippen molar-refractivity contribution in [3.63, 3.8) is 0 Å². The predicted octanol–water partition coefficient (Wildman–Crippen LogP) is 3.04. The lowest BCUT2D eigenvalue weighted by Gasteiger charge is -2.05. The van der Waals surface area contributed by atoms with Gasteiger partial charge in [-0.1, -0.05) is 6.92 Å². The van der Waals surface area contributed by atoms with E-state index in [1.54, 1.807) is 27.7 Å². The Balaban J connectivity index is 2.47. The van der Waals surface area contributed by atoms with Crippen molar-refractivity contribution in [2.45, 2.75) is 25.6 Å². The topological polar surface area (TPSA) is 55.1 Å². The van der Waals surface area contributed by atoms with Gasteiger partial charge in [0.25, 0.3) is 5.56 Å². The molecule has 3 aromatic rings. The van der Waals surface area contributed by atoms with Gasteiger partial charge in [-0.3, -0.25) is 9.36 Å². The summed E-state index contributed by atoms with van der Waals surface area (Å²) in [4.78, 5) is 14.7. The van der Waals surface area contributed by atoms with E-state index < -0.39 is 0 Å². The van der Waals surface area contributed by atoms with Gasteiger partial charge in [-0.05, 0) is 31.0 Å². The number of nitrogens with zero attached hydrogens (tertiary/aromatic N) is 3. The molecule has 3 rings (SSSR count). The Labute approximate surface area is 128 Å². The molecule has 106 valence electrons. The first-order chi connectivity index (χ1) is 9.67. The molecule has 0 spiro atoms. The van der Waals surface area contributed by atoms with Gasteiger partial charge >= 0.3 is 0 Å². The third-order valence-corrected chi connectivity index (χ3v) is 5.25. The van der Waals surface area contributed by atoms with Crippen LogP contribution >= 0.6 is 35.3 Å². The molecule has 0 aliphatic rings. The highest BCUT2D eigenvalue weighted by molar-refractivity contribution is 7.97. The van der Waals surface area contributed by atoms with Crippen LogP contribution in [-0.4, -0.2) is 25.4 Å². The summed E-state index contributed by atoms with van der Waals surface area (Å²) in [6.07, 6.45) is 2.93. The summed E-state index contributed by atoms with van der Waals surface area (Å²) < 4.78 is 4.10.